The summed E-state index contributed by atoms with van der Waals surface area (Å²) < 4.78 is 41.4. The molecule has 0 bridgehead atoms. The van der Waals surface area contributed by atoms with Gasteiger partial charge in [0.1, 0.15) is 18.3 Å². The van der Waals surface area contributed by atoms with Crippen molar-refractivity contribution in [2.45, 2.75) is 88.4 Å². The Kier molecular flexibility index (Phi) is 6.23. The smallest absolute Gasteiger partial charge is 0.462 e. The van der Waals surface area contributed by atoms with Gasteiger partial charge in [0.2, 0.25) is 5.91 Å². The van der Waals surface area contributed by atoms with Crippen molar-refractivity contribution in [1.82, 2.24) is 4.90 Å². The summed E-state index contributed by atoms with van der Waals surface area (Å²) in [4.78, 5) is 37.7. The molecule has 11 nitrogen and oxygen atoms in total. The first kappa shape index (κ1) is 24.1. The maximum Gasteiger partial charge on any atom is 0.475 e. The van der Waals surface area contributed by atoms with Crippen LogP contribution in [0.4, 0.5) is 0 Å². The summed E-state index contributed by atoms with van der Waals surface area (Å²) in [5.74, 6) is -0.938. The maximum absolute atomic E-state index is 13.2. The molecule has 5 atom stereocenters. The summed E-state index contributed by atoms with van der Waals surface area (Å²) in [7, 11) is -3.96. The first-order chi connectivity index (χ1) is 16.1. The van der Waals surface area contributed by atoms with Crippen molar-refractivity contribution in [1.29, 1.82) is 0 Å². The monoisotopic (exact) mass is 498 g/mol. The summed E-state index contributed by atoms with van der Waals surface area (Å²) in [6, 6.07) is 0. The van der Waals surface area contributed by atoms with E-state index in [-0.39, 0.29) is 37.5 Å². The normalized spacial score (nSPS) is 39.4. The molecule has 0 aromatic carbocycles. The lowest BCUT2D eigenvalue weighted by atomic mass is 9.92. The molecule has 4 fully saturated rings. The van der Waals surface area contributed by atoms with Gasteiger partial charge in [0, 0.05) is 6.20 Å². The van der Waals surface area contributed by atoms with Crippen molar-refractivity contribution in [2.24, 2.45) is 11.1 Å². The number of rotatable bonds is 7. The Morgan fingerprint density at radius 2 is 2.03 bits per heavy atom. The molecule has 2 N–H and O–H groups in total. The number of carbonyl (C=O) groups excluding carboxylic acids is 3. The average Bonchev–Trinajstić information content (AvgIpc) is 3.30. The Labute approximate surface area is 197 Å². The highest BCUT2D eigenvalue weighted by Gasteiger charge is 2.60. The lowest BCUT2D eigenvalue weighted by Gasteiger charge is -2.38. The highest BCUT2D eigenvalue weighted by molar-refractivity contribution is 7.48. The summed E-state index contributed by atoms with van der Waals surface area (Å²) in [5.41, 5.74) is 4.67. The average molecular weight is 498 g/mol. The van der Waals surface area contributed by atoms with E-state index in [1.54, 1.807) is 6.92 Å². The molecule has 188 valence electrons. The topological polar surface area (TPSA) is 144 Å². The van der Waals surface area contributed by atoms with Crippen LogP contribution in [0.5, 0.6) is 0 Å². The van der Waals surface area contributed by atoms with E-state index >= 15 is 0 Å². The minimum Gasteiger partial charge on any atom is -0.462 e. The van der Waals surface area contributed by atoms with Gasteiger partial charge in [-0.15, -0.1) is 0 Å². The lowest BCUT2D eigenvalue weighted by Crippen LogP contribution is -2.60. The van der Waals surface area contributed by atoms with E-state index in [0.29, 0.717) is 6.42 Å². The molecule has 34 heavy (non-hydrogen) atoms. The van der Waals surface area contributed by atoms with Crippen LogP contribution in [-0.4, -0.2) is 65.9 Å². The molecule has 12 heteroatoms. The van der Waals surface area contributed by atoms with Crippen LogP contribution in [0.2, 0.25) is 0 Å². The number of ether oxygens (including phenoxy) is 2. The Morgan fingerprint density at radius 1 is 1.29 bits per heavy atom. The largest absolute Gasteiger partial charge is 0.475 e. The lowest BCUT2D eigenvalue weighted by molar-refractivity contribution is -0.156. The van der Waals surface area contributed by atoms with Crippen molar-refractivity contribution in [2.75, 3.05) is 13.2 Å². The summed E-state index contributed by atoms with van der Waals surface area (Å²) in [6.45, 7) is 1.55. The van der Waals surface area contributed by atoms with Gasteiger partial charge in [-0.25, -0.2) is 4.57 Å². The van der Waals surface area contributed by atoms with Crippen LogP contribution >= 0.6 is 7.82 Å². The molecule has 0 aromatic rings. The van der Waals surface area contributed by atoms with Crippen molar-refractivity contribution in [3.63, 3.8) is 0 Å². The zero-order valence-electron chi connectivity index (χ0n) is 19.2. The van der Waals surface area contributed by atoms with Gasteiger partial charge in [0.05, 0.1) is 30.6 Å². The third-order valence-electron chi connectivity index (χ3n) is 7.41. The molecular weight excluding hydrogens is 467 g/mol. The van der Waals surface area contributed by atoms with E-state index < -0.39 is 43.1 Å². The molecule has 0 aromatic heterocycles. The number of phosphoric acid groups is 1. The van der Waals surface area contributed by atoms with Gasteiger partial charge in [-0.05, 0) is 57.9 Å². The van der Waals surface area contributed by atoms with Gasteiger partial charge in [0.15, 0.2) is 12.0 Å². The standard InChI is InChI=1S/C22H31N2O9P/c1-21(23)18-16(32-19(21)24-10-6-14(25)12-17(24)26)13-30-34(28,33-18)29-11-9-22(7-8-22)20(27)31-15-4-2-3-5-15/h6,10,15-16,18-19H,2-5,7-9,11-13,23H2,1H3/t16-,18-,19-,21-,34-/m1/s1. The first-order valence-electron chi connectivity index (χ1n) is 11.9. The number of nitrogens with zero attached hydrogens (tertiary/aromatic N) is 1. The molecule has 3 heterocycles. The first-order valence-corrected chi connectivity index (χ1v) is 13.3. The maximum atomic E-state index is 13.2. The summed E-state index contributed by atoms with van der Waals surface area (Å²) in [6.07, 6.45) is 5.70. The highest BCUT2D eigenvalue weighted by Crippen LogP contribution is 2.58. The molecule has 2 saturated heterocycles. The minimum atomic E-state index is -3.96. The molecule has 1 amide bonds. The number of carbonyl (C=O) groups is 3. The predicted octanol–water partition coefficient (Wildman–Crippen LogP) is 1.94. The van der Waals surface area contributed by atoms with Gasteiger partial charge in [0.25, 0.3) is 0 Å². The van der Waals surface area contributed by atoms with E-state index in [9.17, 15) is 18.9 Å². The van der Waals surface area contributed by atoms with Crippen LogP contribution in [-0.2, 0) is 42.0 Å². The van der Waals surface area contributed by atoms with Crippen LogP contribution in [0.25, 0.3) is 0 Å². The van der Waals surface area contributed by atoms with E-state index in [4.69, 9.17) is 28.8 Å². The van der Waals surface area contributed by atoms with E-state index in [0.717, 1.165) is 38.5 Å². The fraction of sp³-hybridized carbons (Fsp3) is 0.773. The molecule has 3 aliphatic heterocycles. The zero-order chi connectivity index (χ0) is 24.1. The van der Waals surface area contributed by atoms with Crippen LogP contribution in [0.1, 0.15) is 58.3 Å². The van der Waals surface area contributed by atoms with Crippen LogP contribution in [0.3, 0.4) is 0 Å². The third kappa shape index (κ3) is 4.50. The number of phosphoric ester groups is 1. The molecule has 0 radical (unpaired) electrons. The van der Waals surface area contributed by atoms with Gasteiger partial charge in [-0.3, -0.25) is 32.9 Å². The molecular formula is C22H31N2O9P. The molecule has 0 unspecified atom stereocenters. The Morgan fingerprint density at radius 3 is 2.71 bits per heavy atom. The van der Waals surface area contributed by atoms with Crippen molar-refractivity contribution < 1.29 is 42.0 Å². The molecule has 5 rings (SSSR count). The molecule has 5 aliphatic rings. The number of allylic oxidation sites excluding steroid dienone is 1. The SMILES string of the molecule is C[C@@]1(N)[C@@H]2O[P@](=O)(OCCC3(C(=O)OC4CCCC4)CC3)OC[C@H]2O[C@H]1N1C=CC(=O)CC1=O. The van der Waals surface area contributed by atoms with Gasteiger partial charge in [-0.2, -0.15) is 0 Å². The van der Waals surface area contributed by atoms with E-state index in [1.807, 2.05) is 0 Å². The minimum absolute atomic E-state index is 0.00323. The molecule has 2 saturated carbocycles. The molecule has 0 spiro atoms. The van der Waals surface area contributed by atoms with Crippen LogP contribution in [0.15, 0.2) is 12.3 Å². The van der Waals surface area contributed by atoms with E-state index in [2.05, 4.69) is 0 Å². The summed E-state index contributed by atoms with van der Waals surface area (Å²) >= 11 is 0. The number of fused-ring (bicyclic) bond motifs is 1. The number of amides is 1. The van der Waals surface area contributed by atoms with Crippen LogP contribution < -0.4 is 5.73 Å². The number of ketones is 1. The fourth-order valence-corrected chi connectivity index (χ4v) is 6.58. The van der Waals surface area contributed by atoms with Gasteiger partial charge >= 0.3 is 13.8 Å². The van der Waals surface area contributed by atoms with Gasteiger partial charge < -0.3 is 15.2 Å². The highest BCUT2D eigenvalue weighted by atomic mass is 31.2. The second-order valence-electron chi connectivity index (χ2n) is 10.1. The predicted molar refractivity (Wildman–Crippen MR) is 116 cm³/mol. The van der Waals surface area contributed by atoms with Crippen molar-refractivity contribution >= 4 is 25.5 Å². The zero-order valence-corrected chi connectivity index (χ0v) is 20.1. The second-order valence-corrected chi connectivity index (χ2v) is 11.7. The third-order valence-corrected chi connectivity index (χ3v) is 8.86. The van der Waals surface area contributed by atoms with Crippen LogP contribution in [0, 0.1) is 5.41 Å². The molecule has 2 aliphatic carbocycles. The Hall–Kier alpha value is -1.62. The number of esters is 1. The number of hydrogen-bond donors (Lipinski definition) is 1. The van der Waals surface area contributed by atoms with Crippen molar-refractivity contribution in [3.05, 3.63) is 12.3 Å². The second kappa shape index (κ2) is 8.80. The number of hydrogen-bond acceptors (Lipinski definition) is 10. The Bertz CT molecular complexity index is 941. The van der Waals surface area contributed by atoms with E-state index in [1.165, 1.54) is 17.2 Å². The fourth-order valence-electron chi connectivity index (χ4n) is 5.10. The quantitative estimate of drug-likeness (QED) is 0.314. The number of nitrogens with two attached hydrogens (primary N) is 1. The Balaban J connectivity index is 1.18. The van der Waals surface area contributed by atoms with Crippen molar-refractivity contribution in [3.8, 4) is 0 Å². The van der Waals surface area contributed by atoms with Gasteiger partial charge in [-0.1, -0.05) is 0 Å². The summed E-state index contributed by atoms with van der Waals surface area (Å²) in [5, 5.41) is 0.